The van der Waals surface area contributed by atoms with E-state index in [-0.39, 0.29) is 17.3 Å². The Morgan fingerprint density at radius 2 is 1.56 bits per heavy atom. The first-order valence-electron chi connectivity index (χ1n) is 10.0. The number of amides is 1. The summed E-state index contributed by atoms with van der Waals surface area (Å²) in [6, 6.07) is 22.4. The number of benzene rings is 3. The van der Waals surface area contributed by atoms with Gasteiger partial charge in [-0.2, -0.15) is 4.31 Å². The topological polar surface area (TPSA) is 84.9 Å². The van der Waals surface area contributed by atoms with Gasteiger partial charge in [-0.15, -0.1) is 0 Å². The minimum absolute atomic E-state index is 0.150. The molecular weight excluding hydrogens is 428 g/mol. The summed E-state index contributed by atoms with van der Waals surface area (Å²) in [4.78, 5) is 12.9. The van der Waals surface area contributed by atoms with Crippen molar-refractivity contribution in [1.82, 2.24) is 4.31 Å². The molecule has 0 aliphatic heterocycles. The first-order chi connectivity index (χ1) is 15.4. The summed E-state index contributed by atoms with van der Waals surface area (Å²) in [6.07, 6.45) is 0. The van der Waals surface area contributed by atoms with Gasteiger partial charge in [-0.1, -0.05) is 42.5 Å². The SMILES string of the molecule is COCCOc1ccccc1C(=O)Nc1ccc(S(=O)(=O)N(C)Cc2ccccc2)cc1. The van der Waals surface area contributed by atoms with Gasteiger partial charge in [-0.3, -0.25) is 4.79 Å². The minimum atomic E-state index is -3.67. The number of anilines is 1. The molecule has 1 N–H and O–H groups in total. The van der Waals surface area contributed by atoms with Crippen LogP contribution in [-0.2, 0) is 21.3 Å². The van der Waals surface area contributed by atoms with Gasteiger partial charge in [0.2, 0.25) is 10.0 Å². The van der Waals surface area contributed by atoms with Crippen LogP contribution in [0.2, 0.25) is 0 Å². The first-order valence-corrected chi connectivity index (χ1v) is 11.5. The number of rotatable bonds is 10. The fourth-order valence-electron chi connectivity index (χ4n) is 3.03. The predicted molar refractivity (Wildman–Crippen MR) is 123 cm³/mol. The Labute approximate surface area is 188 Å². The van der Waals surface area contributed by atoms with Crippen molar-refractivity contribution in [3.05, 3.63) is 90.0 Å². The third-order valence-electron chi connectivity index (χ3n) is 4.75. The molecule has 0 heterocycles. The van der Waals surface area contributed by atoms with E-state index in [9.17, 15) is 13.2 Å². The zero-order valence-electron chi connectivity index (χ0n) is 18.0. The number of nitrogens with zero attached hydrogens (tertiary/aromatic N) is 1. The molecule has 8 heteroatoms. The Bertz CT molecular complexity index is 1130. The molecule has 168 valence electrons. The van der Waals surface area contributed by atoms with Crippen molar-refractivity contribution in [2.24, 2.45) is 0 Å². The summed E-state index contributed by atoms with van der Waals surface area (Å²) in [5, 5.41) is 2.78. The fraction of sp³-hybridized carbons (Fsp3) is 0.208. The largest absolute Gasteiger partial charge is 0.490 e. The van der Waals surface area contributed by atoms with Crippen LogP contribution in [0.5, 0.6) is 5.75 Å². The van der Waals surface area contributed by atoms with Gasteiger partial charge in [0.15, 0.2) is 0 Å². The van der Waals surface area contributed by atoms with E-state index in [4.69, 9.17) is 9.47 Å². The maximum atomic E-state index is 12.9. The van der Waals surface area contributed by atoms with Crippen molar-refractivity contribution >= 4 is 21.6 Å². The van der Waals surface area contributed by atoms with Crippen LogP contribution in [-0.4, -0.2) is 46.0 Å². The maximum Gasteiger partial charge on any atom is 0.259 e. The molecule has 0 bridgehead atoms. The lowest BCUT2D eigenvalue weighted by atomic mass is 10.2. The van der Waals surface area contributed by atoms with Crippen LogP contribution in [0, 0.1) is 0 Å². The second kappa shape index (κ2) is 10.9. The summed E-state index contributed by atoms with van der Waals surface area (Å²) >= 11 is 0. The third kappa shape index (κ3) is 5.94. The van der Waals surface area contributed by atoms with E-state index < -0.39 is 10.0 Å². The molecule has 0 saturated carbocycles. The molecule has 0 spiro atoms. The highest BCUT2D eigenvalue weighted by atomic mass is 32.2. The van der Waals surface area contributed by atoms with E-state index in [1.54, 1.807) is 50.6 Å². The van der Waals surface area contributed by atoms with Gasteiger partial charge in [-0.05, 0) is 42.0 Å². The fourth-order valence-corrected chi connectivity index (χ4v) is 4.19. The Morgan fingerprint density at radius 3 is 2.25 bits per heavy atom. The van der Waals surface area contributed by atoms with Gasteiger partial charge in [0, 0.05) is 26.4 Å². The molecule has 3 aromatic rings. The Kier molecular flexibility index (Phi) is 7.99. The van der Waals surface area contributed by atoms with Crippen LogP contribution >= 0.6 is 0 Å². The van der Waals surface area contributed by atoms with Gasteiger partial charge in [-0.25, -0.2) is 8.42 Å². The van der Waals surface area contributed by atoms with Gasteiger partial charge >= 0.3 is 0 Å². The number of hydrogen-bond donors (Lipinski definition) is 1. The standard InChI is InChI=1S/C24H26N2O5S/c1-26(18-19-8-4-3-5-9-19)32(28,29)21-14-12-20(13-15-21)25-24(27)22-10-6-7-11-23(22)31-17-16-30-2/h3-15H,16-18H2,1-2H3,(H,25,27). The number of hydrogen-bond acceptors (Lipinski definition) is 5. The molecule has 0 aliphatic carbocycles. The van der Waals surface area contributed by atoms with E-state index in [1.165, 1.54) is 16.4 Å². The average molecular weight is 455 g/mol. The summed E-state index contributed by atoms with van der Waals surface area (Å²) in [7, 11) is -0.550. The van der Waals surface area contributed by atoms with E-state index >= 15 is 0 Å². The molecule has 3 aromatic carbocycles. The van der Waals surface area contributed by atoms with E-state index in [0.29, 0.717) is 30.2 Å². The minimum Gasteiger partial charge on any atom is -0.490 e. The number of carbonyl (C=O) groups is 1. The summed E-state index contributed by atoms with van der Waals surface area (Å²) in [5.41, 5.74) is 1.75. The normalized spacial score (nSPS) is 11.3. The molecule has 0 saturated heterocycles. The van der Waals surface area contributed by atoms with E-state index in [0.717, 1.165) is 5.56 Å². The maximum absolute atomic E-state index is 12.9. The number of methoxy groups -OCH3 is 1. The molecule has 0 unspecified atom stereocenters. The lowest BCUT2D eigenvalue weighted by Gasteiger charge is -2.17. The smallest absolute Gasteiger partial charge is 0.259 e. The first kappa shape index (κ1) is 23.5. The Morgan fingerprint density at radius 1 is 0.906 bits per heavy atom. The van der Waals surface area contributed by atoms with Gasteiger partial charge in [0.05, 0.1) is 17.1 Å². The van der Waals surface area contributed by atoms with E-state index in [1.807, 2.05) is 30.3 Å². The molecule has 0 aliphatic rings. The Hall–Kier alpha value is -3.20. The number of sulfonamides is 1. The average Bonchev–Trinajstić information content (AvgIpc) is 2.80. The van der Waals surface area contributed by atoms with Gasteiger partial charge in [0.25, 0.3) is 5.91 Å². The second-order valence-corrected chi connectivity index (χ2v) is 9.11. The molecule has 32 heavy (non-hydrogen) atoms. The van der Waals surface area contributed by atoms with Crippen molar-refractivity contribution < 1.29 is 22.7 Å². The molecule has 0 fully saturated rings. The van der Waals surface area contributed by atoms with Crippen molar-refractivity contribution in [2.45, 2.75) is 11.4 Å². The highest BCUT2D eigenvalue weighted by Gasteiger charge is 2.21. The number of nitrogens with one attached hydrogen (secondary N) is 1. The molecule has 0 aromatic heterocycles. The van der Waals surface area contributed by atoms with E-state index in [2.05, 4.69) is 5.32 Å². The zero-order valence-corrected chi connectivity index (χ0v) is 18.8. The van der Waals surface area contributed by atoms with Crippen LogP contribution in [0.25, 0.3) is 0 Å². The highest BCUT2D eigenvalue weighted by Crippen LogP contribution is 2.22. The van der Waals surface area contributed by atoms with Crippen LogP contribution in [0.1, 0.15) is 15.9 Å². The Balaban J connectivity index is 1.69. The van der Waals surface area contributed by atoms with Crippen molar-refractivity contribution in [2.75, 3.05) is 32.7 Å². The van der Waals surface area contributed by atoms with Gasteiger partial charge in [0.1, 0.15) is 12.4 Å². The summed E-state index contributed by atoms with van der Waals surface area (Å²) in [6.45, 7) is 0.996. The monoisotopic (exact) mass is 454 g/mol. The quantitative estimate of drug-likeness (QED) is 0.471. The molecular formula is C24H26N2O5S. The molecule has 3 rings (SSSR count). The number of para-hydroxylation sites is 1. The summed E-state index contributed by atoms with van der Waals surface area (Å²) in [5.74, 6) is 0.0959. The second-order valence-electron chi connectivity index (χ2n) is 7.06. The lowest BCUT2D eigenvalue weighted by molar-refractivity contribution is 0.101. The van der Waals surface area contributed by atoms with Crippen LogP contribution in [0.15, 0.2) is 83.8 Å². The molecule has 0 atom stereocenters. The van der Waals surface area contributed by atoms with Crippen molar-refractivity contribution in [3.8, 4) is 5.75 Å². The van der Waals surface area contributed by atoms with Gasteiger partial charge < -0.3 is 14.8 Å². The molecule has 0 radical (unpaired) electrons. The number of ether oxygens (including phenoxy) is 2. The van der Waals surface area contributed by atoms with Crippen molar-refractivity contribution in [3.63, 3.8) is 0 Å². The lowest BCUT2D eigenvalue weighted by Crippen LogP contribution is -2.26. The van der Waals surface area contributed by atoms with Crippen molar-refractivity contribution in [1.29, 1.82) is 0 Å². The summed E-state index contributed by atoms with van der Waals surface area (Å²) < 4.78 is 37.6. The predicted octanol–water partition coefficient (Wildman–Crippen LogP) is 3.78. The zero-order chi connectivity index (χ0) is 23.0. The van der Waals surface area contributed by atoms with Crippen LogP contribution in [0.4, 0.5) is 5.69 Å². The van der Waals surface area contributed by atoms with Crippen LogP contribution in [0.3, 0.4) is 0 Å². The molecule has 7 nitrogen and oxygen atoms in total. The number of carbonyl (C=O) groups excluding carboxylic acids is 1. The highest BCUT2D eigenvalue weighted by molar-refractivity contribution is 7.89. The third-order valence-corrected chi connectivity index (χ3v) is 6.56. The van der Waals surface area contributed by atoms with Crippen LogP contribution < -0.4 is 10.1 Å². The molecule has 1 amide bonds.